The Bertz CT molecular complexity index is 1150. The van der Waals surface area contributed by atoms with Crippen molar-refractivity contribution >= 4 is 27.1 Å². The number of Topliss-reactive ketones (excluding diaryl/α,β-unsaturated/α-hetero) is 1. The van der Waals surface area contributed by atoms with Crippen LogP contribution in [0, 0.1) is 21.8 Å². The molecule has 0 saturated carbocycles. The molecule has 0 N–H and O–H groups in total. The molecule has 2 aromatic rings. The summed E-state index contributed by atoms with van der Waals surface area (Å²) < 4.78 is 38.1. The Kier molecular flexibility index (Phi) is 7.72. The molecule has 1 aromatic carbocycles. The van der Waals surface area contributed by atoms with Gasteiger partial charge in [0.15, 0.2) is 15.5 Å². The van der Waals surface area contributed by atoms with Crippen molar-refractivity contribution in [2.75, 3.05) is 24.2 Å². The molecule has 1 aliphatic heterocycles. The Morgan fingerprint density at radius 3 is 2.52 bits per heavy atom. The molecule has 0 bridgehead atoms. The molecule has 1 fully saturated rings. The fourth-order valence-electron chi connectivity index (χ4n) is 4.05. The Balaban J connectivity index is 1.87. The lowest BCUT2D eigenvalue weighted by Crippen LogP contribution is -2.37. The van der Waals surface area contributed by atoms with Crippen molar-refractivity contribution in [1.82, 2.24) is 9.97 Å². The molecule has 11 heteroatoms. The molecular weight excluding hydrogens is 451 g/mol. The molecule has 0 amide bonds. The summed E-state index contributed by atoms with van der Waals surface area (Å²) in [5, 5.41) is 11.9. The number of benzene rings is 1. The maximum absolute atomic E-state index is 14.8. The fraction of sp³-hybridized carbons (Fsp3) is 0.500. The zero-order valence-electron chi connectivity index (χ0n) is 18.7. The van der Waals surface area contributed by atoms with Crippen LogP contribution in [0.3, 0.4) is 0 Å². The van der Waals surface area contributed by atoms with Crippen LogP contribution < -0.4 is 4.90 Å². The second-order valence-corrected chi connectivity index (χ2v) is 10.3. The molecule has 0 radical (unpaired) electrons. The van der Waals surface area contributed by atoms with E-state index in [-0.39, 0.29) is 33.7 Å². The monoisotopic (exact) mass is 478 g/mol. The first kappa shape index (κ1) is 24.7. The van der Waals surface area contributed by atoms with Crippen LogP contribution >= 0.6 is 0 Å². The number of carbonyl (C=O) groups excluding carboxylic acids is 1. The smallest absolute Gasteiger partial charge is 0.337 e. The van der Waals surface area contributed by atoms with E-state index in [2.05, 4.69) is 16.9 Å². The van der Waals surface area contributed by atoms with E-state index in [0.717, 1.165) is 37.9 Å². The zero-order chi connectivity index (χ0) is 24.2. The van der Waals surface area contributed by atoms with Crippen molar-refractivity contribution < 1.29 is 22.5 Å². The molecule has 1 aliphatic rings. The Morgan fingerprint density at radius 1 is 1.24 bits per heavy atom. The van der Waals surface area contributed by atoms with Gasteiger partial charge in [-0.15, -0.1) is 0 Å². The van der Waals surface area contributed by atoms with Crippen molar-refractivity contribution in [3.8, 4) is 11.3 Å². The number of unbranched alkanes of at least 4 members (excludes halogenated alkanes) is 2. The summed E-state index contributed by atoms with van der Waals surface area (Å²) in [6.45, 7) is 2.91. The molecule has 33 heavy (non-hydrogen) atoms. The van der Waals surface area contributed by atoms with Crippen LogP contribution in [0.1, 0.15) is 45.4 Å². The molecule has 3 rings (SSSR count). The van der Waals surface area contributed by atoms with Gasteiger partial charge in [-0.25, -0.2) is 22.8 Å². The summed E-state index contributed by atoms with van der Waals surface area (Å²) in [4.78, 5) is 33.2. The lowest BCUT2D eigenvalue weighted by atomic mass is 9.90. The highest BCUT2D eigenvalue weighted by atomic mass is 32.2. The second-order valence-electron chi connectivity index (χ2n) is 8.25. The largest absolute Gasteiger partial charge is 0.351 e. The molecular formula is C22H27FN4O5S. The standard InChI is InChI=1S/C22H27FN4O5S/c1-3-4-5-6-19(28)15-9-11-26(12-10-15)22-21(27(29)30)20(24-14-25-22)17-8-7-16(13-18(17)23)33(2,31)32/h7-8,13-15H,3-6,9-12H2,1-2H3. The maximum Gasteiger partial charge on any atom is 0.337 e. The first-order chi connectivity index (χ1) is 15.6. The third kappa shape index (κ3) is 5.70. The third-order valence-electron chi connectivity index (χ3n) is 5.89. The van der Waals surface area contributed by atoms with Crippen molar-refractivity contribution in [3.05, 3.63) is 40.5 Å². The van der Waals surface area contributed by atoms with Gasteiger partial charge in [0.1, 0.15) is 17.9 Å². The Hall–Kier alpha value is -2.95. The summed E-state index contributed by atoms with van der Waals surface area (Å²) in [6, 6.07) is 3.19. The number of hydrogen-bond acceptors (Lipinski definition) is 8. The van der Waals surface area contributed by atoms with Crippen LogP contribution in [0.25, 0.3) is 11.3 Å². The van der Waals surface area contributed by atoms with Crippen LogP contribution in [-0.2, 0) is 14.6 Å². The van der Waals surface area contributed by atoms with Gasteiger partial charge in [0.2, 0.25) is 5.82 Å². The number of halogens is 1. The van der Waals surface area contributed by atoms with Crippen molar-refractivity contribution in [2.45, 2.75) is 50.3 Å². The summed E-state index contributed by atoms with van der Waals surface area (Å²) >= 11 is 0. The lowest BCUT2D eigenvalue weighted by molar-refractivity contribution is -0.383. The highest BCUT2D eigenvalue weighted by molar-refractivity contribution is 7.90. The number of carbonyl (C=O) groups is 1. The van der Waals surface area contributed by atoms with Crippen molar-refractivity contribution in [2.24, 2.45) is 5.92 Å². The number of ketones is 1. The van der Waals surface area contributed by atoms with Crippen LogP contribution in [0.4, 0.5) is 15.9 Å². The van der Waals surface area contributed by atoms with E-state index in [1.807, 2.05) is 0 Å². The van der Waals surface area contributed by atoms with Gasteiger partial charge in [0.05, 0.1) is 9.82 Å². The van der Waals surface area contributed by atoms with Gasteiger partial charge < -0.3 is 4.90 Å². The van der Waals surface area contributed by atoms with Crippen molar-refractivity contribution in [1.29, 1.82) is 0 Å². The third-order valence-corrected chi connectivity index (χ3v) is 7.00. The summed E-state index contributed by atoms with van der Waals surface area (Å²) in [5.74, 6) is -0.705. The molecule has 1 aromatic heterocycles. The lowest BCUT2D eigenvalue weighted by Gasteiger charge is -2.32. The number of sulfone groups is 1. The predicted octanol–water partition coefficient (Wildman–Crippen LogP) is 3.96. The van der Waals surface area contributed by atoms with E-state index >= 15 is 0 Å². The normalized spacial score (nSPS) is 14.9. The highest BCUT2D eigenvalue weighted by Crippen LogP contribution is 2.38. The number of aromatic nitrogens is 2. The van der Waals surface area contributed by atoms with Crippen LogP contribution in [0.5, 0.6) is 0 Å². The molecule has 0 atom stereocenters. The molecule has 0 unspecified atom stereocenters. The van der Waals surface area contributed by atoms with Gasteiger partial charge in [-0.2, -0.15) is 0 Å². The number of nitrogens with zero attached hydrogens (tertiary/aromatic N) is 4. The van der Waals surface area contributed by atoms with E-state index in [9.17, 15) is 27.7 Å². The van der Waals surface area contributed by atoms with Gasteiger partial charge >= 0.3 is 5.69 Å². The Labute approximate surface area is 192 Å². The number of hydrogen-bond donors (Lipinski definition) is 0. The van der Waals surface area contributed by atoms with Gasteiger partial charge in [-0.05, 0) is 37.5 Å². The minimum atomic E-state index is -3.64. The number of nitro groups is 1. The van der Waals surface area contributed by atoms with E-state index in [0.29, 0.717) is 32.4 Å². The Morgan fingerprint density at radius 2 is 1.94 bits per heavy atom. The molecule has 2 heterocycles. The SMILES string of the molecule is CCCCCC(=O)C1CCN(c2ncnc(-c3ccc(S(C)(=O)=O)cc3F)c2[N+](=O)[O-])CC1. The van der Waals surface area contributed by atoms with Crippen LogP contribution in [0.15, 0.2) is 29.4 Å². The number of rotatable bonds is 9. The van der Waals surface area contributed by atoms with Gasteiger partial charge in [0.25, 0.3) is 0 Å². The van der Waals surface area contributed by atoms with E-state index < -0.39 is 26.3 Å². The molecule has 1 saturated heterocycles. The highest BCUT2D eigenvalue weighted by Gasteiger charge is 2.32. The van der Waals surface area contributed by atoms with Crippen molar-refractivity contribution in [3.63, 3.8) is 0 Å². The summed E-state index contributed by atoms with van der Waals surface area (Å²) in [6.07, 6.45) is 6.70. The predicted molar refractivity (Wildman–Crippen MR) is 121 cm³/mol. The van der Waals surface area contributed by atoms with Crippen LogP contribution in [-0.4, -0.2) is 48.4 Å². The molecule has 9 nitrogen and oxygen atoms in total. The molecule has 178 valence electrons. The number of piperidine rings is 1. The quantitative estimate of drug-likeness (QED) is 0.301. The second kappa shape index (κ2) is 10.3. The fourth-order valence-corrected chi connectivity index (χ4v) is 4.68. The van der Waals surface area contributed by atoms with Gasteiger partial charge in [0, 0.05) is 37.2 Å². The summed E-state index contributed by atoms with van der Waals surface area (Å²) in [7, 11) is -3.64. The molecule has 0 spiro atoms. The first-order valence-corrected chi connectivity index (χ1v) is 12.8. The number of anilines is 1. The average Bonchev–Trinajstić information content (AvgIpc) is 2.78. The van der Waals surface area contributed by atoms with E-state index in [1.165, 1.54) is 12.1 Å². The maximum atomic E-state index is 14.8. The zero-order valence-corrected chi connectivity index (χ0v) is 19.5. The van der Waals surface area contributed by atoms with E-state index in [1.54, 1.807) is 4.90 Å². The topological polar surface area (TPSA) is 123 Å². The van der Waals surface area contributed by atoms with Crippen LogP contribution in [0.2, 0.25) is 0 Å². The van der Waals surface area contributed by atoms with Gasteiger partial charge in [-0.1, -0.05) is 19.8 Å². The minimum absolute atomic E-state index is 0.0634. The van der Waals surface area contributed by atoms with E-state index in [4.69, 9.17) is 0 Å². The molecule has 0 aliphatic carbocycles. The minimum Gasteiger partial charge on any atom is -0.351 e. The first-order valence-electron chi connectivity index (χ1n) is 10.9. The van der Waals surface area contributed by atoms with Gasteiger partial charge in [-0.3, -0.25) is 14.9 Å². The summed E-state index contributed by atoms with van der Waals surface area (Å²) in [5.41, 5.74) is -0.852. The average molecular weight is 479 g/mol.